The fourth-order valence-electron chi connectivity index (χ4n) is 3.32. The molecule has 0 aliphatic heterocycles. The SMILES string of the molecule is C=CCn1c(S[C@H](C)C(=O)c2[nH]c(C)c(C(C)=O)c2C)nnc1-c1cccnc1. The van der Waals surface area contributed by atoms with Crippen molar-refractivity contribution in [2.75, 3.05) is 0 Å². The van der Waals surface area contributed by atoms with Gasteiger partial charge >= 0.3 is 0 Å². The Morgan fingerprint density at radius 1 is 1.34 bits per heavy atom. The number of nitrogens with one attached hydrogen (secondary N) is 1. The molecule has 0 spiro atoms. The van der Waals surface area contributed by atoms with Gasteiger partial charge in [0.2, 0.25) is 0 Å². The minimum absolute atomic E-state index is 0.0533. The summed E-state index contributed by atoms with van der Waals surface area (Å²) in [5, 5.41) is 8.78. The van der Waals surface area contributed by atoms with E-state index in [0.717, 1.165) is 5.56 Å². The van der Waals surface area contributed by atoms with Gasteiger partial charge in [-0.15, -0.1) is 16.8 Å². The number of hydrogen-bond donors (Lipinski definition) is 1. The van der Waals surface area contributed by atoms with E-state index in [0.29, 0.717) is 40.0 Å². The standard InChI is InChI=1S/C21H23N5O2S/c1-6-10-26-20(16-8-7-9-22-11-16)24-25-21(26)29-15(5)19(28)18-12(2)17(14(4)27)13(3)23-18/h6-9,11,15,23H,1,10H2,2-5H3/t15-/m1/s1. The van der Waals surface area contributed by atoms with Crippen molar-refractivity contribution in [2.24, 2.45) is 0 Å². The molecule has 0 bridgehead atoms. The van der Waals surface area contributed by atoms with Gasteiger partial charge in [0.25, 0.3) is 0 Å². The molecule has 8 heteroatoms. The van der Waals surface area contributed by atoms with Crippen molar-refractivity contribution in [3.05, 3.63) is 59.7 Å². The summed E-state index contributed by atoms with van der Waals surface area (Å²) < 4.78 is 1.91. The van der Waals surface area contributed by atoms with Crippen LogP contribution in [0.4, 0.5) is 0 Å². The molecule has 150 valence electrons. The molecule has 0 fully saturated rings. The number of pyridine rings is 1. The highest BCUT2D eigenvalue weighted by Crippen LogP contribution is 2.29. The predicted octanol–water partition coefficient (Wildman–Crippen LogP) is 4.04. The number of nitrogens with zero attached hydrogens (tertiary/aromatic N) is 4. The van der Waals surface area contributed by atoms with E-state index in [9.17, 15) is 9.59 Å². The monoisotopic (exact) mass is 409 g/mol. The van der Waals surface area contributed by atoms with Crippen LogP contribution in [-0.4, -0.2) is 41.5 Å². The molecule has 3 aromatic heterocycles. The minimum atomic E-state index is -0.416. The first-order valence-corrected chi connectivity index (χ1v) is 10.1. The molecule has 3 rings (SSSR count). The van der Waals surface area contributed by atoms with E-state index < -0.39 is 5.25 Å². The quantitative estimate of drug-likeness (QED) is 0.343. The van der Waals surface area contributed by atoms with Crippen LogP contribution in [0.25, 0.3) is 11.4 Å². The molecule has 29 heavy (non-hydrogen) atoms. The molecule has 0 aromatic carbocycles. The zero-order valence-electron chi connectivity index (χ0n) is 16.9. The molecule has 3 heterocycles. The summed E-state index contributed by atoms with van der Waals surface area (Å²) in [6.45, 7) is 11.3. The molecule has 0 aliphatic carbocycles. The van der Waals surface area contributed by atoms with Crippen molar-refractivity contribution in [3.8, 4) is 11.4 Å². The smallest absolute Gasteiger partial charge is 0.192 e. The molecule has 1 atom stereocenters. The van der Waals surface area contributed by atoms with Gasteiger partial charge in [0.05, 0.1) is 10.9 Å². The number of hydrogen-bond acceptors (Lipinski definition) is 6. The van der Waals surface area contributed by atoms with Crippen LogP contribution in [-0.2, 0) is 6.54 Å². The fraction of sp³-hybridized carbons (Fsp3) is 0.286. The predicted molar refractivity (Wildman–Crippen MR) is 113 cm³/mol. The van der Waals surface area contributed by atoms with Crippen molar-refractivity contribution in [2.45, 2.75) is 44.6 Å². The average Bonchev–Trinajstić information content (AvgIpc) is 3.22. The van der Waals surface area contributed by atoms with E-state index in [1.54, 1.807) is 32.3 Å². The van der Waals surface area contributed by atoms with Crippen LogP contribution in [0.3, 0.4) is 0 Å². The van der Waals surface area contributed by atoms with Crippen LogP contribution in [0.5, 0.6) is 0 Å². The Labute approximate surface area is 173 Å². The van der Waals surface area contributed by atoms with Crippen molar-refractivity contribution in [1.29, 1.82) is 0 Å². The first kappa shape index (κ1) is 20.7. The van der Waals surface area contributed by atoms with Crippen LogP contribution in [0.1, 0.15) is 46.0 Å². The summed E-state index contributed by atoms with van der Waals surface area (Å²) in [5.41, 5.74) is 3.30. The van der Waals surface area contributed by atoms with Gasteiger partial charge in [-0.25, -0.2) is 0 Å². The van der Waals surface area contributed by atoms with E-state index in [4.69, 9.17) is 0 Å². The number of rotatable bonds is 8. The van der Waals surface area contributed by atoms with E-state index in [1.165, 1.54) is 18.7 Å². The van der Waals surface area contributed by atoms with Gasteiger partial charge in [-0.3, -0.25) is 19.1 Å². The highest BCUT2D eigenvalue weighted by molar-refractivity contribution is 8.00. The van der Waals surface area contributed by atoms with Gasteiger partial charge in [-0.05, 0) is 45.4 Å². The summed E-state index contributed by atoms with van der Waals surface area (Å²) in [6.07, 6.45) is 5.18. The van der Waals surface area contributed by atoms with Crippen molar-refractivity contribution >= 4 is 23.3 Å². The largest absolute Gasteiger partial charge is 0.355 e. The normalized spacial score (nSPS) is 12.0. The Bertz CT molecular complexity index is 1070. The number of carbonyl (C=O) groups is 2. The summed E-state index contributed by atoms with van der Waals surface area (Å²) in [6, 6.07) is 3.75. The van der Waals surface area contributed by atoms with E-state index >= 15 is 0 Å². The lowest BCUT2D eigenvalue weighted by Gasteiger charge is -2.12. The highest BCUT2D eigenvalue weighted by atomic mass is 32.2. The van der Waals surface area contributed by atoms with Gasteiger partial charge in [0.1, 0.15) is 0 Å². The summed E-state index contributed by atoms with van der Waals surface area (Å²) >= 11 is 1.33. The number of aromatic amines is 1. The number of Topliss-reactive ketones (excluding diaryl/α,β-unsaturated/α-hetero) is 2. The van der Waals surface area contributed by atoms with Gasteiger partial charge in [-0.1, -0.05) is 17.8 Å². The van der Waals surface area contributed by atoms with E-state index in [-0.39, 0.29) is 11.6 Å². The molecule has 0 saturated heterocycles. The average molecular weight is 410 g/mol. The Balaban J connectivity index is 1.89. The third kappa shape index (κ3) is 4.07. The maximum atomic E-state index is 13.1. The molecular formula is C21H23N5O2S. The molecule has 0 aliphatic rings. The maximum Gasteiger partial charge on any atom is 0.192 e. The highest BCUT2D eigenvalue weighted by Gasteiger charge is 2.26. The molecular weight excluding hydrogens is 386 g/mol. The number of carbonyl (C=O) groups excluding carboxylic acids is 2. The first-order chi connectivity index (χ1) is 13.8. The van der Waals surface area contributed by atoms with Crippen molar-refractivity contribution in [3.63, 3.8) is 0 Å². The number of H-pyrrole nitrogens is 1. The third-order valence-corrected chi connectivity index (χ3v) is 5.72. The Hall–Kier alpha value is -3.00. The van der Waals surface area contributed by atoms with Gasteiger partial charge in [0.15, 0.2) is 22.5 Å². The lowest BCUT2D eigenvalue weighted by atomic mass is 10.0. The second kappa shape index (κ2) is 8.57. The van der Waals surface area contributed by atoms with Crippen LogP contribution in [0, 0.1) is 13.8 Å². The molecule has 3 aromatic rings. The number of thioether (sulfide) groups is 1. The number of aromatic nitrogens is 5. The zero-order chi connectivity index (χ0) is 21.1. The van der Waals surface area contributed by atoms with Gasteiger partial charge < -0.3 is 4.98 Å². The molecule has 0 amide bonds. The molecule has 1 N–H and O–H groups in total. The minimum Gasteiger partial charge on any atom is -0.355 e. The summed E-state index contributed by atoms with van der Waals surface area (Å²) in [4.78, 5) is 32.1. The van der Waals surface area contributed by atoms with Gasteiger partial charge in [0, 0.05) is 35.8 Å². The van der Waals surface area contributed by atoms with Crippen LogP contribution in [0.2, 0.25) is 0 Å². The Kier molecular flexibility index (Phi) is 6.12. The van der Waals surface area contributed by atoms with Crippen molar-refractivity contribution < 1.29 is 9.59 Å². The Morgan fingerprint density at radius 3 is 2.69 bits per heavy atom. The number of aryl methyl sites for hydroxylation is 1. The second-order valence-corrected chi connectivity index (χ2v) is 8.06. The number of ketones is 2. The van der Waals surface area contributed by atoms with Crippen LogP contribution in [0.15, 0.2) is 42.3 Å². The van der Waals surface area contributed by atoms with E-state index in [1.807, 2.05) is 23.6 Å². The lowest BCUT2D eigenvalue weighted by molar-refractivity contribution is 0.0988. The van der Waals surface area contributed by atoms with Crippen molar-refractivity contribution in [1.82, 2.24) is 24.7 Å². The van der Waals surface area contributed by atoms with E-state index in [2.05, 4.69) is 26.7 Å². The Morgan fingerprint density at radius 2 is 2.10 bits per heavy atom. The maximum absolute atomic E-state index is 13.1. The zero-order valence-corrected chi connectivity index (χ0v) is 17.7. The molecule has 0 unspecified atom stereocenters. The summed E-state index contributed by atoms with van der Waals surface area (Å²) in [5.74, 6) is 0.535. The van der Waals surface area contributed by atoms with Crippen LogP contribution < -0.4 is 0 Å². The fourth-order valence-corrected chi connectivity index (χ4v) is 4.23. The molecule has 0 radical (unpaired) electrons. The molecule has 7 nitrogen and oxygen atoms in total. The third-order valence-electron chi connectivity index (χ3n) is 4.64. The molecule has 0 saturated carbocycles. The number of allylic oxidation sites excluding steroid dienone is 1. The van der Waals surface area contributed by atoms with Gasteiger partial charge in [-0.2, -0.15) is 0 Å². The summed E-state index contributed by atoms with van der Waals surface area (Å²) in [7, 11) is 0. The lowest BCUT2D eigenvalue weighted by Crippen LogP contribution is -2.16. The topological polar surface area (TPSA) is 93.5 Å². The first-order valence-electron chi connectivity index (χ1n) is 9.20. The van der Waals surface area contributed by atoms with Crippen LogP contribution >= 0.6 is 11.8 Å². The second-order valence-electron chi connectivity index (χ2n) is 6.75.